The number of aromatic amines is 1. The van der Waals surface area contributed by atoms with E-state index in [1.54, 1.807) is 31.5 Å². The van der Waals surface area contributed by atoms with Crippen molar-refractivity contribution in [1.29, 1.82) is 0 Å². The molecule has 1 amide bonds. The molecule has 2 aromatic rings. The fraction of sp³-hybridized carbons (Fsp3) is 0.308. The second kappa shape index (κ2) is 5.51. The third-order valence-corrected chi connectivity index (χ3v) is 2.97. The summed E-state index contributed by atoms with van der Waals surface area (Å²) in [6.45, 7) is 1.96. The quantitative estimate of drug-likeness (QED) is 0.758. The Morgan fingerprint density at radius 1 is 1.47 bits per heavy atom. The van der Waals surface area contributed by atoms with Crippen LogP contribution in [0.3, 0.4) is 0 Å². The SMILES string of the molecule is CC(CCNC(=O)c1ccc2nc[nH]c2c1)C(=O)O. The Labute approximate surface area is 109 Å². The lowest BCUT2D eigenvalue weighted by Crippen LogP contribution is -2.27. The summed E-state index contributed by atoms with van der Waals surface area (Å²) in [4.78, 5) is 29.5. The number of carbonyl (C=O) groups is 2. The first kappa shape index (κ1) is 13.1. The number of amides is 1. The summed E-state index contributed by atoms with van der Waals surface area (Å²) in [5, 5.41) is 11.4. The van der Waals surface area contributed by atoms with Crippen LogP contribution < -0.4 is 5.32 Å². The monoisotopic (exact) mass is 261 g/mol. The highest BCUT2D eigenvalue weighted by molar-refractivity contribution is 5.97. The van der Waals surface area contributed by atoms with E-state index in [1.165, 1.54) is 0 Å². The number of imidazole rings is 1. The molecular weight excluding hydrogens is 246 g/mol. The second-order valence-corrected chi connectivity index (χ2v) is 4.42. The van der Waals surface area contributed by atoms with E-state index in [1.807, 2.05) is 0 Å². The third kappa shape index (κ3) is 3.09. The van der Waals surface area contributed by atoms with Gasteiger partial charge in [-0.25, -0.2) is 4.98 Å². The zero-order valence-electron chi connectivity index (χ0n) is 10.5. The van der Waals surface area contributed by atoms with Crippen molar-refractivity contribution >= 4 is 22.9 Å². The predicted octanol–water partition coefficient (Wildman–Crippen LogP) is 1.40. The number of fused-ring (bicyclic) bond motifs is 1. The van der Waals surface area contributed by atoms with Crippen LogP contribution in [0.4, 0.5) is 0 Å². The Balaban J connectivity index is 1.94. The number of aliphatic carboxylic acids is 1. The maximum atomic E-state index is 11.9. The van der Waals surface area contributed by atoms with Crippen LogP contribution in [0.1, 0.15) is 23.7 Å². The fourth-order valence-corrected chi connectivity index (χ4v) is 1.70. The number of benzene rings is 1. The number of rotatable bonds is 5. The zero-order valence-corrected chi connectivity index (χ0v) is 10.5. The summed E-state index contributed by atoms with van der Waals surface area (Å²) in [6.07, 6.45) is 1.98. The van der Waals surface area contributed by atoms with E-state index >= 15 is 0 Å². The summed E-state index contributed by atoms with van der Waals surface area (Å²) in [7, 11) is 0. The Morgan fingerprint density at radius 2 is 2.26 bits per heavy atom. The van der Waals surface area contributed by atoms with Crippen molar-refractivity contribution in [1.82, 2.24) is 15.3 Å². The zero-order chi connectivity index (χ0) is 13.8. The Bertz CT molecular complexity index is 606. The number of carboxylic acid groups (broad SMARTS) is 1. The summed E-state index contributed by atoms with van der Waals surface area (Å²) in [5.41, 5.74) is 2.13. The lowest BCUT2D eigenvalue weighted by molar-refractivity contribution is -0.141. The van der Waals surface area contributed by atoms with Crippen LogP contribution in [-0.4, -0.2) is 33.5 Å². The van der Waals surface area contributed by atoms with Crippen molar-refractivity contribution in [2.75, 3.05) is 6.54 Å². The van der Waals surface area contributed by atoms with Gasteiger partial charge in [0.1, 0.15) is 0 Å². The molecule has 1 aromatic carbocycles. The van der Waals surface area contributed by atoms with E-state index in [4.69, 9.17) is 5.11 Å². The lowest BCUT2D eigenvalue weighted by atomic mass is 10.1. The molecule has 19 heavy (non-hydrogen) atoms. The van der Waals surface area contributed by atoms with Gasteiger partial charge < -0.3 is 15.4 Å². The van der Waals surface area contributed by atoms with Crippen LogP contribution in [0.2, 0.25) is 0 Å². The van der Waals surface area contributed by atoms with Gasteiger partial charge in [-0.15, -0.1) is 0 Å². The number of H-pyrrole nitrogens is 1. The fourth-order valence-electron chi connectivity index (χ4n) is 1.70. The molecule has 1 aromatic heterocycles. The number of nitrogens with one attached hydrogen (secondary N) is 2. The highest BCUT2D eigenvalue weighted by atomic mass is 16.4. The molecule has 6 nitrogen and oxygen atoms in total. The van der Waals surface area contributed by atoms with Gasteiger partial charge in [-0.1, -0.05) is 6.92 Å². The molecule has 3 N–H and O–H groups in total. The van der Waals surface area contributed by atoms with Gasteiger partial charge in [0.25, 0.3) is 5.91 Å². The van der Waals surface area contributed by atoms with Crippen LogP contribution in [0.15, 0.2) is 24.5 Å². The third-order valence-electron chi connectivity index (χ3n) is 2.97. The molecule has 2 rings (SSSR count). The normalized spacial score (nSPS) is 12.3. The molecule has 0 bridgehead atoms. The first-order valence-corrected chi connectivity index (χ1v) is 6.02. The van der Waals surface area contributed by atoms with Crippen molar-refractivity contribution < 1.29 is 14.7 Å². The Hall–Kier alpha value is -2.37. The first-order valence-electron chi connectivity index (χ1n) is 6.02. The molecule has 0 aliphatic carbocycles. The molecule has 0 saturated carbocycles. The van der Waals surface area contributed by atoms with Gasteiger partial charge in [0, 0.05) is 12.1 Å². The van der Waals surface area contributed by atoms with Gasteiger partial charge in [0.2, 0.25) is 0 Å². The Kier molecular flexibility index (Phi) is 3.79. The van der Waals surface area contributed by atoms with E-state index in [9.17, 15) is 9.59 Å². The van der Waals surface area contributed by atoms with Gasteiger partial charge in [-0.05, 0) is 24.6 Å². The molecule has 0 fully saturated rings. The topological polar surface area (TPSA) is 95.1 Å². The Morgan fingerprint density at radius 3 is 3.00 bits per heavy atom. The number of nitrogens with zero attached hydrogens (tertiary/aromatic N) is 1. The van der Waals surface area contributed by atoms with Crippen LogP contribution in [-0.2, 0) is 4.79 Å². The molecule has 0 saturated heterocycles. The summed E-state index contributed by atoms with van der Waals surface area (Å²) >= 11 is 0. The minimum Gasteiger partial charge on any atom is -0.481 e. The molecule has 0 radical (unpaired) electrons. The van der Waals surface area contributed by atoms with Gasteiger partial charge in [0.15, 0.2) is 0 Å². The van der Waals surface area contributed by atoms with Gasteiger partial charge >= 0.3 is 5.97 Å². The average molecular weight is 261 g/mol. The van der Waals surface area contributed by atoms with Crippen LogP contribution >= 0.6 is 0 Å². The molecule has 1 unspecified atom stereocenters. The minimum atomic E-state index is -0.854. The number of carbonyl (C=O) groups excluding carboxylic acids is 1. The van der Waals surface area contributed by atoms with Crippen molar-refractivity contribution in [2.45, 2.75) is 13.3 Å². The van der Waals surface area contributed by atoms with E-state index in [0.29, 0.717) is 18.5 Å². The van der Waals surface area contributed by atoms with E-state index in [0.717, 1.165) is 11.0 Å². The maximum absolute atomic E-state index is 11.9. The molecular formula is C13H15N3O3. The lowest BCUT2D eigenvalue weighted by Gasteiger charge is -2.07. The van der Waals surface area contributed by atoms with Crippen molar-refractivity contribution in [3.05, 3.63) is 30.1 Å². The second-order valence-electron chi connectivity index (χ2n) is 4.42. The van der Waals surface area contributed by atoms with Gasteiger partial charge in [-0.3, -0.25) is 9.59 Å². The number of carboxylic acids is 1. The van der Waals surface area contributed by atoms with E-state index in [-0.39, 0.29) is 5.91 Å². The number of aromatic nitrogens is 2. The average Bonchev–Trinajstić information content (AvgIpc) is 2.85. The first-order chi connectivity index (χ1) is 9.08. The van der Waals surface area contributed by atoms with Crippen molar-refractivity contribution in [3.8, 4) is 0 Å². The van der Waals surface area contributed by atoms with Crippen LogP contribution in [0, 0.1) is 5.92 Å². The van der Waals surface area contributed by atoms with Crippen LogP contribution in [0.5, 0.6) is 0 Å². The molecule has 1 atom stereocenters. The van der Waals surface area contributed by atoms with Gasteiger partial charge in [0.05, 0.1) is 23.3 Å². The summed E-state index contributed by atoms with van der Waals surface area (Å²) < 4.78 is 0. The highest BCUT2D eigenvalue weighted by Crippen LogP contribution is 2.11. The standard InChI is InChI=1S/C13H15N3O3/c1-8(13(18)19)4-5-14-12(17)9-2-3-10-11(6-9)16-7-15-10/h2-3,6-8H,4-5H2,1H3,(H,14,17)(H,15,16)(H,18,19). The molecule has 100 valence electrons. The molecule has 0 spiro atoms. The minimum absolute atomic E-state index is 0.214. The van der Waals surface area contributed by atoms with Crippen molar-refractivity contribution in [3.63, 3.8) is 0 Å². The number of hydrogen-bond donors (Lipinski definition) is 3. The molecule has 6 heteroatoms. The number of hydrogen-bond acceptors (Lipinski definition) is 3. The predicted molar refractivity (Wildman–Crippen MR) is 69.8 cm³/mol. The molecule has 1 heterocycles. The van der Waals surface area contributed by atoms with E-state index in [2.05, 4.69) is 15.3 Å². The maximum Gasteiger partial charge on any atom is 0.306 e. The van der Waals surface area contributed by atoms with E-state index < -0.39 is 11.9 Å². The molecule has 0 aliphatic rings. The largest absolute Gasteiger partial charge is 0.481 e. The van der Waals surface area contributed by atoms with Gasteiger partial charge in [-0.2, -0.15) is 0 Å². The smallest absolute Gasteiger partial charge is 0.306 e. The summed E-state index contributed by atoms with van der Waals surface area (Å²) in [5.74, 6) is -1.53. The van der Waals surface area contributed by atoms with Crippen LogP contribution in [0.25, 0.3) is 11.0 Å². The molecule has 0 aliphatic heterocycles. The van der Waals surface area contributed by atoms with Crippen molar-refractivity contribution in [2.24, 2.45) is 5.92 Å². The summed E-state index contributed by atoms with van der Waals surface area (Å²) in [6, 6.07) is 5.18. The highest BCUT2D eigenvalue weighted by Gasteiger charge is 2.12.